The summed E-state index contributed by atoms with van der Waals surface area (Å²) in [6, 6.07) is 15.1. The molecule has 0 saturated carbocycles. The molecule has 0 radical (unpaired) electrons. The number of nitrogens with zero attached hydrogens (tertiary/aromatic N) is 1. The third-order valence-corrected chi connectivity index (χ3v) is 5.86. The number of aryl methyl sites for hydroxylation is 1. The van der Waals surface area contributed by atoms with Gasteiger partial charge in [0.05, 0.1) is 17.6 Å². The van der Waals surface area contributed by atoms with Gasteiger partial charge >= 0.3 is 0 Å². The molecule has 1 aliphatic carbocycles. The molecular weight excluding hydrogens is 342 g/mol. The smallest absolute Gasteiger partial charge is 0.126 e. The Morgan fingerprint density at radius 1 is 1.00 bits per heavy atom. The van der Waals surface area contributed by atoms with Crippen LogP contribution in [0, 0.1) is 0 Å². The first-order valence-corrected chi connectivity index (χ1v) is 9.74. The van der Waals surface area contributed by atoms with Crippen LogP contribution in [0.15, 0.2) is 107 Å². The van der Waals surface area contributed by atoms with Crippen LogP contribution in [0.1, 0.15) is 18.9 Å². The number of dihydropyridines is 1. The van der Waals surface area contributed by atoms with Crippen molar-refractivity contribution < 1.29 is 0 Å². The molecule has 5 rings (SSSR count). The molecule has 0 aromatic heterocycles. The maximum absolute atomic E-state index is 6.27. The second-order valence-corrected chi connectivity index (χ2v) is 7.61. The van der Waals surface area contributed by atoms with E-state index >= 15 is 0 Å². The molecule has 2 aromatic rings. The fraction of sp³-hybridized carbons (Fsp3) is 0.160. The Morgan fingerprint density at radius 3 is 2.79 bits per heavy atom. The summed E-state index contributed by atoms with van der Waals surface area (Å²) in [5.74, 6) is 0. The average molecular weight is 365 g/mol. The van der Waals surface area contributed by atoms with Crippen molar-refractivity contribution in [3.63, 3.8) is 0 Å². The van der Waals surface area contributed by atoms with Crippen molar-refractivity contribution in [2.24, 2.45) is 10.7 Å². The third-order valence-electron chi connectivity index (χ3n) is 5.86. The molecule has 3 heteroatoms. The number of nitrogens with two attached hydrogens (primary N) is 1. The van der Waals surface area contributed by atoms with Crippen LogP contribution in [0.4, 0.5) is 0 Å². The highest BCUT2D eigenvalue weighted by Gasteiger charge is 2.43. The molecule has 3 N–H and O–H groups in total. The molecule has 0 bridgehead atoms. The Morgan fingerprint density at radius 2 is 1.86 bits per heavy atom. The highest BCUT2D eigenvalue weighted by atomic mass is 15.0. The SMILES string of the molecule is CC1=CC=CC23NC(CCc4cccc5ccccc45)=CC=C2C(N)=CN=C13. The summed E-state index contributed by atoms with van der Waals surface area (Å²) in [4.78, 5) is 4.66. The van der Waals surface area contributed by atoms with Crippen LogP contribution in [0.5, 0.6) is 0 Å². The average Bonchev–Trinajstić information content (AvgIpc) is 2.72. The molecule has 1 atom stereocenters. The van der Waals surface area contributed by atoms with Gasteiger partial charge < -0.3 is 11.1 Å². The second-order valence-electron chi connectivity index (χ2n) is 7.61. The number of hydrogen-bond donors (Lipinski definition) is 2. The number of nitrogens with one attached hydrogen (secondary N) is 1. The largest absolute Gasteiger partial charge is 0.397 e. The van der Waals surface area contributed by atoms with Crippen LogP contribution in [0.2, 0.25) is 0 Å². The summed E-state index contributed by atoms with van der Waals surface area (Å²) >= 11 is 0. The summed E-state index contributed by atoms with van der Waals surface area (Å²) in [5, 5.41) is 6.39. The van der Waals surface area contributed by atoms with Gasteiger partial charge in [-0.25, -0.2) is 0 Å². The summed E-state index contributed by atoms with van der Waals surface area (Å²) in [6.45, 7) is 2.10. The predicted molar refractivity (Wildman–Crippen MR) is 117 cm³/mol. The molecule has 0 amide bonds. The van der Waals surface area contributed by atoms with E-state index in [2.05, 4.69) is 90.1 Å². The van der Waals surface area contributed by atoms with Gasteiger partial charge in [0.25, 0.3) is 0 Å². The van der Waals surface area contributed by atoms with Crippen molar-refractivity contribution >= 4 is 16.5 Å². The lowest BCUT2D eigenvalue weighted by atomic mass is 9.74. The Bertz CT molecular complexity index is 1150. The van der Waals surface area contributed by atoms with E-state index in [1.165, 1.54) is 27.6 Å². The maximum Gasteiger partial charge on any atom is 0.126 e. The molecule has 1 spiro atoms. The van der Waals surface area contributed by atoms with Gasteiger partial charge in [0.1, 0.15) is 5.54 Å². The van der Waals surface area contributed by atoms with Gasteiger partial charge in [0.15, 0.2) is 0 Å². The molecule has 2 aromatic carbocycles. The van der Waals surface area contributed by atoms with Crippen LogP contribution in [0.25, 0.3) is 10.8 Å². The topological polar surface area (TPSA) is 50.4 Å². The van der Waals surface area contributed by atoms with E-state index in [0.29, 0.717) is 0 Å². The zero-order valence-electron chi connectivity index (χ0n) is 15.9. The van der Waals surface area contributed by atoms with E-state index in [9.17, 15) is 0 Å². The summed E-state index contributed by atoms with van der Waals surface area (Å²) in [6.07, 6.45) is 14.4. The van der Waals surface area contributed by atoms with E-state index in [4.69, 9.17) is 5.73 Å². The first kappa shape index (κ1) is 16.8. The molecule has 28 heavy (non-hydrogen) atoms. The first-order chi connectivity index (χ1) is 13.7. The summed E-state index contributed by atoms with van der Waals surface area (Å²) in [5.41, 5.74) is 12.4. The van der Waals surface area contributed by atoms with Crippen LogP contribution >= 0.6 is 0 Å². The zero-order valence-corrected chi connectivity index (χ0v) is 15.9. The number of benzene rings is 2. The van der Waals surface area contributed by atoms with Crippen molar-refractivity contribution in [2.75, 3.05) is 0 Å². The fourth-order valence-corrected chi connectivity index (χ4v) is 4.46. The van der Waals surface area contributed by atoms with Gasteiger partial charge in [-0.1, -0.05) is 60.7 Å². The van der Waals surface area contributed by atoms with E-state index in [-0.39, 0.29) is 0 Å². The molecule has 1 unspecified atom stereocenters. The third kappa shape index (κ3) is 2.55. The second kappa shape index (κ2) is 6.38. The lowest BCUT2D eigenvalue weighted by Crippen LogP contribution is -2.56. The number of allylic oxidation sites excluding steroid dienone is 5. The van der Waals surface area contributed by atoms with Crippen molar-refractivity contribution in [3.05, 3.63) is 107 Å². The Hall–Kier alpha value is -3.33. The van der Waals surface area contributed by atoms with Crippen LogP contribution in [-0.4, -0.2) is 11.3 Å². The summed E-state index contributed by atoms with van der Waals surface area (Å²) < 4.78 is 0. The minimum atomic E-state index is -0.444. The molecule has 0 fully saturated rings. The van der Waals surface area contributed by atoms with Crippen LogP contribution in [-0.2, 0) is 6.42 Å². The van der Waals surface area contributed by atoms with Crippen molar-refractivity contribution in [1.82, 2.24) is 5.32 Å². The van der Waals surface area contributed by atoms with Gasteiger partial charge in [0, 0.05) is 11.3 Å². The summed E-state index contributed by atoms with van der Waals surface area (Å²) in [7, 11) is 0. The normalized spacial score (nSPS) is 22.8. The van der Waals surface area contributed by atoms with E-state index in [1.54, 1.807) is 6.20 Å². The van der Waals surface area contributed by atoms with Crippen LogP contribution in [0.3, 0.4) is 0 Å². The molecule has 2 heterocycles. The molecule has 3 nitrogen and oxygen atoms in total. The monoisotopic (exact) mass is 365 g/mol. The van der Waals surface area contributed by atoms with Crippen molar-refractivity contribution in [2.45, 2.75) is 25.3 Å². The lowest BCUT2D eigenvalue weighted by Gasteiger charge is -2.42. The quantitative estimate of drug-likeness (QED) is 0.829. The zero-order chi connectivity index (χ0) is 19.1. The number of fused-ring (bicyclic) bond motifs is 1. The number of rotatable bonds is 3. The van der Waals surface area contributed by atoms with Crippen LogP contribution < -0.4 is 11.1 Å². The van der Waals surface area contributed by atoms with Gasteiger partial charge in [-0.3, -0.25) is 4.99 Å². The molecular formula is C25H23N3. The van der Waals surface area contributed by atoms with E-state index < -0.39 is 5.54 Å². The molecule has 3 aliphatic rings. The predicted octanol–water partition coefficient (Wildman–Crippen LogP) is 4.70. The minimum absolute atomic E-state index is 0.444. The molecule has 138 valence electrons. The minimum Gasteiger partial charge on any atom is -0.397 e. The fourth-order valence-electron chi connectivity index (χ4n) is 4.46. The Kier molecular flexibility index (Phi) is 3.83. The van der Waals surface area contributed by atoms with Gasteiger partial charge in [-0.05, 0) is 53.8 Å². The van der Waals surface area contributed by atoms with Crippen molar-refractivity contribution in [3.8, 4) is 0 Å². The number of aliphatic imine (C=N–C) groups is 1. The van der Waals surface area contributed by atoms with E-state index in [0.717, 1.165) is 29.8 Å². The number of hydrogen-bond acceptors (Lipinski definition) is 3. The van der Waals surface area contributed by atoms with Gasteiger partial charge in [-0.2, -0.15) is 0 Å². The van der Waals surface area contributed by atoms with Gasteiger partial charge in [-0.15, -0.1) is 0 Å². The Balaban J connectivity index is 1.45. The molecule has 0 saturated heterocycles. The molecule has 2 aliphatic heterocycles. The Labute approximate surface area is 165 Å². The standard InChI is InChI=1S/C25H23N3/c1-17-6-5-15-25-22(23(26)16-27-24(17)25)14-13-20(28-25)12-11-19-9-4-8-18-7-2-3-10-21(18)19/h2-10,13-16,28H,11-12,26H2,1H3. The van der Waals surface area contributed by atoms with E-state index in [1.807, 2.05) is 0 Å². The maximum atomic E-state index is 6.27. The highest BCUT2D eigenvalue weighted by Crippen LogP contribution is 2.37. The highest BCUT2D eigenvalue weighted by molar-refractivity contribution is 6.13. The van der Waals surface area contributed by atoms with Crippen molar-refractivity contribution in [1.29, 1.82) is 0 Å². The first-order valence-electron chi connectivity index (χ1n) is 9.74. The van der Waals surface area contributed by atoms with Gasteiger partial charge in [0.2, 0.25) is 0 Å². The lowest BCUT2D eigenvalue weighted by molar-refractivity contribution is 0.612.